The van der Waals surface area contributed by atoms with Crippen LogP contribution in [0.5, 0.6) is 0 Å². The molecule has 3 nitrogen and oxygen atoms in total. The predicted octanol–water partition coefficient (Wildman–Crippen LogP) is 2.39. The summed E-state index contributed by atoms with van der Waals surface area (Å²) < 4.78 is 6.21. The number of piperidine rings is 1. The molecule has 0 bridgehead atoms. The molecule has 18 heavy (non-hydrogen) atoms. The van der Waals surface area contributed by atoms with Crippen molar-refractivity contribution in [3.63, 3.8) is 0 Å². The van der Waals surface area contributed by atoms with E-state index in [2.05, 4.69) is 39.5 Å². The highest BCUT2D eigenvalue weighted by atomic mass is 16.5. The first-order valence-electron chi connectivity index (χ1n) is 7.41. The van der Waals surface area contributed by atoms with Crippen LogP contribution in [0.1, 0.15) is 53.9 Å². The van der Waals surface area contributed by atoms with Gasteiger partial charge >= 0.3 is 0 Å². The summed E-state index contributed by atoms with van der Waals surface area (Å²) in [7, 11) is 0. The van der Waals surface area contributed by atoms with E-state index in [0.717, 1.165) is 6.42 Å². The predicted molar refractivity (Wildman–Crippen MR) is 75.6 cm³/mol. The first-order valence-corrected chi connectivity index (χ1v) is 7.41. The van der Waals surface area contributed by atoms with Crippen molar-refractivity contribution in [3.05, 3.63) is 0 Å². The standard InChI is InChI=1S/C15H30N2O/c1-11(16)12-6-8-17(9-7-12)13-10-14(2,3)18-15(13,4)5/h11-13H,6-10,16H2,1-5H3. The maximum atomic E-state index is 6.21. The van der Waals surface area contributed by atoms with Gasteiger partial charge in [-0.1, -0.05) is 0 Å². The zero-order valence-electron chi connectivity index (χ0n) is 12.7. The monoisotopic (exact) mass is 254 g/mol. The lowest BCUT2D eigenvalue weighted by molar-refractivity contribution is -0.0828. The van der Waals surface area contributed by atoms with Crippen molar-refractivity contribution in [2.75, 3.05) is 13.1 Å². The average molecular weight is 254 g/mol. The molecule has 0 saturated carbocycles. The van der Waals surface area contributed by atoms with Gasteiger partial charge in [-0.05, 0) is 72.9 Å². The number of hydrogen-bond donors (Lipinski definition) is 1. The second-order valence-corrected chi connectivity index (χ2v) is 7.42. The molecule has 2 aliphatic rings. The van der Waals surface area contributed by atoms with Crippen molar-refractivity contribution < 1.29 is 4.74 Å². The first-order chi connectivity index (χ1) is 8.21. The molecule has 0 radical (unpaired) electrons. The van der Waals surface area contributed by atoms with Crippen LogP contribution in [0.4, 0.5) is 0 Å². The minimum atomic E-state index is -0.0231. The van der Waals surface area contributed by atoms with Gasteiger partial charge < -0.3 is 10.5 Å². The molecule has 0 aliphatic carbocycles. The molecule has 2 atom stereocenters. The molecule has 2 aliphatic heterocycles. The topological polar surface area (TPSA) is 38.5 Å². The summed E-state index contributed by atoms with van der Waals surface area (Å²) in [5.74, 6) is 0.708. The molecule has 0 spiro atoms. The lowest BCUT2D eigenvalue weighted by atomic mass is 9.87. The van der Waals surface area contributed by atoms with Crippen molar-refractivity contribution in [2.24, 2.45) is 11.7 Å². The molecule has 3 heteroatoms. The Hall–Kier alpha value is -0.120. The second-order valence-electron chi connectivity index (χ2n) is 7.42. The average Bonchev–Trinajstić information content (AvgIpc) is 2.47. The van der Waals surface area contributed by atoms with Crippen LogP contribution in [0.15, 0.2) is 0 Å². The lowest BCUT2D eigenvalue weighted by Crippen LogP contribution is -2.50. The van der Waals surface area contributed by atoms with E-state index < -0.39 is 0 Å². The van der Waals surface area contributed by atoms with Crippen molar-refractivity contribution in [1.29, 1.82) is 0 Å². The van der Waals surface area contributed by atoms with Crippen LogP contribution in [-0.4, -0.2) is 41.3 Å². The van der Waals surface area contributed by atoms with Crippen molar-refractivity contribution in [2.45, 2.75) is 77.2 Å². The van der Waals surface area contributed by atoms with Crippen LogP contribution in [0.3, 0.4) is 0 Å². The summed E-state index contributed by atoms with van der Waals surface area (Å²) in [5.41, 5.74) is 6.02. The third kappa shape index (κ3) is 2.89. The zero-order chi connectivity index (χ0) is 13.6. The summed E-state index contributed by atoms with van der Waals surface area (Å²) in [6.45, 7) is 13.4. The van der Waals surface area contributed by atoms with Gasteiger partial charge in [-0.25, -0.2) is 0 Å². The van der Waals surface area contributed by atoms with Gasteiger partial charge in [-0.15, -0.1) is 0 Å². The highest BCUT2D eigenvalue weighted by Gasteiger charge is 2.48. The summed E-state index contributed by atoms with van der Waals surface area (Å²) in [6, 6.07) is 0.901. The quantitative estimate of drug-likeness (QED) is 0.822. The summed E-state index contributed by atoms with van der Waals surface area (Å²) in [4.78, 5) is 2.63. The van der Waals surface area contributed by atoms with Gasteiger partial charge in [0.25, 0.3) is 0 Å². The Morgan fingerprint density at radius 3 is 2.11 bits per heavy atom. The van der Waals surface area contributed by atoms with Gasteiger partial charge in [0.2, 0.25) is 0 Å². The molecule has 2 fully saturated rings. The highest BCUT2D eigenvalue weighted by molar-refractivity contribution is 5.01. The van der Waals surface area contributed by atoms with E-state index in [4.69, 9.17) is 10.5 Å². The van der Waals surface area contributed by atoms with E-state index in [1.807, 2.05) is 0 Å². The van der Waals surface area contributed by atoms with Crippen LogP contribution in [0.2, 0.25) is 0 Å². The van der Waals surface area contributed by atoms with Crippen LogP contribution < -0.4 is 5.73 Å². The largest absolute Gasteiger partial charge is 0.368 e. The van der Waals surface area contributed by atoms with Gasteiger partial charge in [-0.2, -0.15) is 0 Å². The Morgan fingerprint density at radius 2 is 1.72 bits per heavy atom. The Kier molecular flexibility index (Phi) is 3.79. The fourth-order valence-electron chi connectivity index (χ4n) is 3.86. The third-order valence-corrected chi connectivity index (χ3v) is 4.79. The number of nitrogens with two attached hydrogens (primary N) is 1. The fraction of sp³-hybridized carbons (Fsp3) is 1.00. The molecule has 2 unspecified atom stereocenters. The Labute approximate surface area is 112 Å². The van der Waals surface area contributed by atoms with Gasteiger partial charge in [0.05, 0.1) is 11.2 Å². The van der Waals surface area contributed by atoms with Gasteiger partial charge in [-0.3, -0.25) is 4.90 Å². The molecule has 0 aromatic heterocycles. The Bertz CT molecular complexity index is 291. The maximum absolute atomic E-state index is 6.21. The molecular formula is C15H30N2O. The number of ether oxygens (including phenoxy) is 1. The smallest absolute Gasteiger partial charge is 0.0789 e. The second kappa shape index (κ2) is 4.77. The Balaban J connectivity index is 1.98. The van der Waals surface area contributed by atoms with Crippen molar-refractivity contribution in [1.82, 2.24) is 4.90 Å². The van der Waals surface area contributed by atoms with Gasteiger partial charge in [0.15, 0.2) is 0 Å². The molecule has 2 saturated heterocycles. The lowest BCUT2D eigenvalue weighted by Gasteiger charge is -2.41. The van der Waals surface area contributed by atoms with Crippen molar-refractivity contribution in [3.8, 4) is 0 Å². The highest BCUT2D eigenvalue weighted by Crippen LogP contribution is 2.41. The third-order valence-electron chi connectivity index (χ3n) is 4.79. The van der Waals surface area contributed by atoms with Crippen LogP contribution in [0, 0.1) is 5.92 Å². The van der Waals surface area contributed by atoms with E-state index in [1.165, 1.54) is 25.9 Å². The van der Waals surface area contributed by atoms with Crippen molar-refractivity contribution >= 4 is 0 Å². The van der Waals surface area contributed by atoms with E-state index in [-0.39, 0.29) is 11.2 Å². The number of likely N-dealkylation sites (tertiary alicyclic amines) is 1. The van der Waals surface area contributed by atoms with Crippen LogP contribution >= 0.6 is 0 Å². The molecule has 106 valence electrons. The number of hydrogen-bond acceptors (Lipinski definition) is 3. The summed E-state index contributed by atoms with van der Waals surface area (Å²) in [5, 5.41) is 0. The summed E-state index contributed by atoms with van der Waals surface area (Å²) >= 11 is 0. The Morgan fingerprint density at radius 1 is 1.17 bits per heavy atom. The van der Waals surface area contributed by atoms with Crippen LogP contribution in [0.25, 0.3) is 0 Å². The van der Waals surface area contributed by atoms with E-state index in [1.54, 1.807) is 0 Å². The minimum Gasteiger partial charge on any atom is -0.368 e. The molecule has 2 N–H and O–H groups in total. The minimum absolute atomic E-state index is 0.0200. The normalized spacial score (nSPS) is 34.7. The van der Waals surface area contributed by atoms with E-state index in [0.29, 0.717) is 18.0 Å². The molecule has 2 rings (SSSR count). The maximum Gasteiger partial charge on any atom is 0.0789 e. The van der Waals surface area contributed by atoms with Gasteiger partial charge in [0, 0.05) is 12.1 Å². The molecule has 0 aromatic carbocycles. The zero-order valence-corrected chi connectivity index (χ0v) is 12.7. The molecular weight excluding hydrogens is 224 g/mol. The van der Waals surface area contributed by atoms with Gasteiger partial charge in [0.1, 0.15) is 0 Å². The molecule has 2 heterocycles. The SMILES string of the molecule is CC(N)C1CCN(C2CC(C)(C)OC2(C)C)CC1. The molecule has 0 aromatic rings. The van der Waals surface area contributed by atoms with E-state index in [9.17, 15) is 0 Å². The number of rotatable bonds is 2. The first kappa shape index (κ1) is 14.3. The number of nitrogens with zero attached hydrogens (tertiary/aromatic N) is 1. The summed E-state index contributed by atoms with van der Waals surface area (Å²) in [6.07, 6.45) is 3.62. The van der Waals surface area contributed by atoms with E-state index >= 15 is 0 Å². The fourth-order valence-corrected chi connectivity index (χ4v) is 3.86. The van der Waals surface area contributed by atoms with Crippen LogP contribution in [-0.2, 0) is 4.74 Å². The molecule has 0 amide bonds.